The third kappa shape index (κ3) is 1.68. The summed E-state index contributed by atoms with van der Waals surface area (Å²) < 4.78 is 5.54. The summed E-state index contributed by atoms with van der Waals surface area (Å²) in [6, 6.07) is 5.96. The molecule has 70 valence electrons. The van der Waals surface area contributed by atoms with Gasteiger partial charge in [0.1, 0.15) is 5.75 Å². The van der Waals surface area contributed by atoms with Gasteiger partial charge < -0.3 is 9.84 Å². The average molecular weight is 178 g/mol. The molecule has 2 nitrogen and oxygen atoms in total. The van der Waals surface area contributed by atoms with Gasteiger partial charge in [-0.05, 0) is 31.4 Å². The van der Waals surface area contributed by atoms with Crippen LogP contribution >= 0.6 is 0 Å². The van der Waals surface area contributed by atoms with Crippen LogP contribution in [0, 0.1) is 6.92 Å². The van der Waals surface area contributed by atoms with Crippen molar-refractivity contribution < 1.29 is 9.84 Å². The summed E-state index contributed by atoms with van der Waals surface area (Å²) in [4.78, 5) is 0. The fourth-order valence-electron chi connectivity index (χ4n) is 1.66. The third-order valence-electron chi connectivity index (χ3n) is 2.41. The highest BCUT2D eigenvalue weighted by molar-refractivity contribution is 5.39. The van der Waals surface area contributed by atoms with Gasteiger partial charge in [-0.25, -0.2) is 0 Å². The predicted molar refractivity (Wildman–Crippen MR) is 50.9 cm³/mol. The van der Waals surface area contributed by atoms with E-state index in [1.165, 1.54) is 5.56 Å². The lowest BCUT2D eigenvalue weighted by Gasteiger charge is -2.10. The largest absolute Gasteiger partial charge is 0.493 e. The van der Waals surface area contributed by atoms with Gasteiger partial charge in [0.25, 0.3) is 0 Å². The lowest BCUT2D eigenvalue weighted by molar-refractivity contribution is 0.167. The Bertz CT molecular complexity index is 307. The Morgan fingerprint density at radius 3 is 3.15 bits per heavy atom. The van der Waals surface area contributed by atoms with E-state index in [2.05, 4.69) is 0 Å². The molecule has 0 spiro atoms. The van der Waals surface area contributed by atoms with E-state index in [0.29, 0.717) is 6.61 Å². The lowest BCUT2D eigenvalue weighted by atomic mass is 10.0. The first-order chi connectivity index (χ1) is 6.27. The maximum Gasteiger partial charge on any atom is 0.125 e. The molecule has 0 saturated heterocycles. The number of hydrogen-bond donors (Lipinski definition) is 1. The molecule has 0 radical (unpaired) electrons. The quantitative estimate of drug-likeness (QED) is 0.660. The van der Waals surface area contributed by atoms with Gasteiger partial charge in [-0.1, -0.05) is 12.1 Å². The van der Waals surface area contributed by atoms with Gasteiger partial charge in [-0.2, -0.15) is 0 Å². The van der Waals surface area contributed by atoms with E-state index in [4.69, 9.17) is 4.74 Å². The second-order valence-electron chi connectivity index (χ2n) is 3.55. The standard InChI is InChI=1S/C11H14O2/c1-8-4-5-9-10(12)3-2-6-13-11(9)7-8/h4-5,7,10,12H,2-3,6H2,1H3. The molecule has 1 aliphatic heterocycles. The van der Waals surface area contributed by atoms with Crippen molar-refractivity contribution >= 4 is 0 Å². The highest BCUT2D eigenvalue weighted by Crippen LogP contribution is 2.31. The van der Waals surface area contributed by atoms with Crippen molar-refractivity contribution in [2.45, 2.75) is 25.9 Å². The molecule has 1 heterocycles. The van der Waals surface area contributed by atoms with Gasteiger partial charge in [0.2, 0.25) is 0 Å². The summed E-state index contributed by atoms with van der Waals surface area (Å²) in [6.45, 7) is 2.74. The molecular formula is C11H14O2. The Balaban J connectivity index is 2.42. The number of benzene rings is 1. The van der Waals surface area contributed by atoms with Crippen LogP contribution in [-0.4, -0.2) is 11.7 Å². The Kier molecular flexibility index (Phi) is 2.23. The van der Waals surface area contributed by atoms with Crippen LogP contribution in [0.3, 0.4) is 0 Å². The first kappa shape index (κ1) is 8.57. The van der Waals surface area contributed by atoms with Crippen LogP contribution in [0.2, 0.25) is 0 Å². The molecule has 0 aromatic heterocycles. The fraction of sp³-hybridized carbons (Fsp3) is 0.455. The Morgan fingerprint density at radius 1 is 1.46 bits per heavy atom. The Labute approximate surface area is 78.2 Å². The van der Waals surface area contributed by atoms with Gasteiger partial charge >= 0.3 is 0 Å². The summed E-state index contributed by atoms with van der Waals surface area (Å²) in [5.41, 5.74) is 2.11. The van der Waals surface area contributed by atoms with E-state index in [-0.39, 0.29) is 6.10 Å². The van der Waals surface area contributed by atoms with Crippen LogP contribution in [0.25, 0.3) is 0 Å². The third-order valence-corrected chi connectivity index (χ3v) is 2.41. The van der Waals surface area contributed by atoms with Gasteiger partial charge in [0.05, 0.1) is 12.7 Å². The Hall–Kier alpha value is -1.02. The molecule has 1 aromatic rings. The number of hydrogen-bond acceptors (Lipinski definition) is 2. The average Bonchev–Trinajstić information content (AvgIpc) is 2.28. The molecule has 1 unspecified atom stereocenters. The van der Waals surface area contributed by atoms with Crippen molar-refractivity contribution in [2.24, 2.45) is 0 Å². The van der Waals surface area contributed by atoms with Crippen molar-refractivity contribution in [3.63, 3.8) is 0 Å². The summed E-state index contributed by atoms with van der Waals surface area (Å²) in [6.07, 6.45) is 1.38. The van der Waals surface area contributed by atoms with Crippen LogP contribution in [0.4, 0.5) is 0 Å². The van der Waals surface area contributed by atoms with Crippen molar-refractivity contribution in [3.8, 4) is 5.75 Å². The smallest absolute Gasteiger partial charge is 0.125 e. The molecule has 1 atom stereocenters. The number of aliphatic hydroxyl groups is 1. The van der Waals surface area contributed by atoms with Crippen molar-refractivity contribution in [3.05, 3.63) is 29.3 Å². The van der Waals surface area contributed by atoms with E-state index in [9.17, 15) is 5.11 Å². The molecule has 2 rings (SSSR count). The summed E-state index contributed by atoms with van der Waals surface area (Å²) in [5, 5.41) is 9.75. The molecule has 0 amide bonds. The number of rotatable bonds is 0. The predicted octanol–water partition coefficient (Wildman–Crippen LogP) is 2.20. The number of aryl methyl sites for hydroxylation is 1. The van der Waals surface area contributed by atoms with E-state index in [1.807, 2.05) is 25.1 Å². The van der Waals surface area contributed by atoms with E-state index in [1.54, 1.807) is 0 Å². The SMILES string of the molecule is Cc1ccc2c(c1)OCCCC2O. The minimum absolute atomic E-state index is 0.349. The van der Waals surface area contributed by atoms with Crippen LogP contribution in [0.15, 0.2) is 18.2 Å². The van der Waals surface area contributed by atoms with Crippen molar-refractivity contribution in [2.75, 3.05) is 6.61 Å². The molecule has 13 heavy (non-hydrogen) atoms. The highest BCUT2D eigenvalue weighted by atomic mass is 16.5. The highest BCUT2D eigenvalue weighted by Gasteiger charge is 2.16. The normalized spacial score (nSPS) is 21.5. The number of ether oxygens (including phenoxy) is 1. The molecule has 2 heteroatoms. The molecule has 0 bridgehead atoms. The Morgan fingerprint density at radius 2 is 2.31 bits per heavy atom. The van der Waals surface area contributed by atoms with E-state index in [0.717, 1.165) is 24.2 Å². The first-order valence-electron chi connectivity index (χ1n) is 4.69. The van der Waals surface area contributed by atoms with Gasteiger partial charge in [0.15, 0.2) is 0 Å². The zero-order valence-electron chi connectivity index (χ0n) is 7.79. The van der Waals surface area contributed by atoms with Crippen LogP contribution in [0.1, 0.15) is 30.1 Å². The van der Waals surface area contributed by atoms with Crippen LogP contribution < -0.4 is 4.74 Å². The minimum atomic E-state index is -0.349. The van der Waals surface area contributed by atoms with Crippen LogP contribution in [0.5, 0.6) is 5.75 Å². The van der Waals surface area contributed by atoms with Crippen molar-refractivity contribution in [1.29, 1.82) is 0 Å². The zero-order chi connectivity index (χ0) is 9.26. The minimum Gasteiger partial charge on any atom is -0.493 e. The number of aliphatic hydroxyl groups excluding tert-OH is 1. The zero-order valence-corrected chi connectivity index (χ0v) is 7.79. The van der Waals surface area contributed by atoms with Crippen LogP contribution in [-0.2, 0) is 0 Å². The number of fused-ring (bicyclic) bond motifs is 1. The van der Waals surface area contributed by atoms with Gasteiger partial charge in [-0.3, -0.25) is 0 Å². The monoisotopic (exact) mass is 178 g/mol. The molecule has 0 saturated carbocycles. The second-order valence-corrected chi connectivity index (χ2v) is 3.55. The summed E-state index contributed by atoms with van der Waals surface area (Å²) in [7, 11) is 0. The van der Waals surface area contributed by atoms with Gasteiger partial charge in [-0.15, -0.1) is 0 Å². The van der Waals surface area contributed by atoms with E-state index < -0.39 is 0 Å². The molecule has 1 N–H and O–H groups in total. The maximum absolute atomic E-state index is 9.75. The lowest BCUT2D eigenvalue weighted by Crippen LogP contribution is -1.96. The summed E-state index contributed by atoms with van der Waals surface area (Å²) in [5.74, 6) is 0.852. The molecule has 0 aliphatic carbocycles. The topological polar surface area (TPSA) is 29.5 Å². The van der Waals surface area contributed by atoms with Gasteiger partial charge in [0, 0.05) is 5.56 Å². The molecule has 1 aromatic carbocycles. The first-order valence-corrected chi connectivity index (χ1v) is 4.69. The molecule has 1 aliphatic rings. The second kappa shape index (κ2) is 3.38. The molecular weight excluding hydrogens is 164 g/mol. The maximum atomic E-state index is 9.75. The fourth-order valence-corrected chi connectivity index (χ4v) is 1.66. The summed E-state index contributed by atoms with van der Waals surface area (Å²) >= 11 is 0. The van der Waals surface area contributed by atoms with Crippen molar-refractivity contribution in [1.82, 2.24) is 0 Å². The molecule has 0 fully saturated rings. The van der Waals surface area contributed by atoms with E-state index >= 15 is 0 Å².